The maximum absolute atomic E-state index is 13.4. The normalized spacial score (nSPS) is 22.8. The van der Waals surface area contributed by atoms with E-state index in [9.17, 15) is 4.79 Å². The lowest BCUT2D eigenvalue weighted by Gasteiger charge is -2.32. The highest BCUT2D eigenvalue weighted by atomic mass is 16.5. The number of hydrogen-bond donors (Lipinski definition) is 0. The van der Waals surface area contributed by atoms with Gasteiger partial charge in [-0.05, 0) is 53.3 Å². The van der Waals surface area contributed by atoms with E-state index in [0.717, 1.165) is 11.1 Å². The van der Waals surface area contributed by atoms with Crippen molar-refractivity contribution in [3.63, 3.8) is 0 Å². The van der Waals surface area contributed by atoms with Crippen molar-refractivity contribution in [2.75, 3.05) is 7.05 Å². The Morgan fingerprint density at radius 1 is 0.964 bits per heavy atom. The second kappa shape index (κ2) is 8.46. The first-order valence-corrected chi connectivity index (χ1v) is 10.2. The minimum absolute atomic E-state index is 0.0225. The SMILES string of the molecule is CC(C)N(C(=O)c1ccccc1[C@@H]1O[C@@H](c2ccccc2)[C@H](C)N1C)C(C)C. The lowest BCUT2D eigenvalue weighted by molar-refractivity contribution is 0.00455. The van der Waals surface area contributed by atoms with Crippen LogP contribution in [0.25, 0.3) is 0 Å². The molecule has 150 valence electrons. The van der Waals surface area contributed by atoms with Crippen LogP contribution in [0, 0.1) is 0 Å². The van der Waals surface area contributed by atoms with E-state index in [1.54, 1.807) is 0 Å². The molecule has 4 nitrogen and oxygen atoms in total. The minimum atomic E-state index is -0.249. The fourth-order valence-corrected chi connectivity index (χ4v) is 4.18. The summed E-state index contributed by atoms with van der Waals surface area (Å²) in [5.74, 6) is 0.0633. The van der Waals surface area contributed by atoms with Gasteiger partial charge in [0.05, 0.1) is 0 Å². The number of nitrogens with zero attached hydrogens (tertiary/aromatic N) is 2. The van der Waals surface area contributed by atoms with Crippen LogP contribution < -0.4 is 0 Å². The molecule has 1 amide bonds. The highest BCUT2D eigenvalue weighted by Crippen LogP contribution is 2.42. The smallest absolute Gasteiger partial charge is 0.254 e. The van der Waals surface area contributed by atoms with Gasteiger partial charge in [-0.25, -0.2) is 0 Å². The number of carbonyl (C=O) groups is 1. The van der Waals surface area contributed by atoms with Gasteiger partial charge in [0.25, 0.3) is 5.91 Å². The van der Waals surface area contributed by atoms with Gasteiger partial charge < -0.3 is 9.64 Å². The molecule has 0 radical (unpaired) electrons. The van der Waals surface area contributed by atoms with Crippen LogP contribution in [0.2, 0.25) is 0 Å². The van der Waals surface area contributed by atoms with Gasteiger partial charge in [-0.2, -0.15) is 0 Å². The van der Waals surface area contributed by atoms with Gasteiger partial charge in [-0.15, -0.1) is 0 Å². The third-order valence-electron chi connectivity index (χ3n) is 5.66. The van der Waals surface area contributed by atoms with E-state index in [1.165, 1.54) is 5.56 Å². The molecule has 0 aliphatic carbocycles. The van der Waals surface area contributed by atoms with Crippen molar-refractivity contribution in [2.45, 2.75) is 65.1 Å². The van der Waals surface area contributed by atoms with Gasteiger partial charge in [0.15, 0.2) is 0 Å². The monoisotopic (exact) mass is 380 g/mol. The standard InChI is InChI=1S/C24H32N2O2/c1-16(2)26(17(3)4)23(27)20-14-10-11-15-21(20)24-25(6)18(5)22(28-24)19-12-8-7-9-13-19/h7-18,22,24H,1-6H3/t18-,22+,24-/m0/s1. The van der Waals surface area contributed by atoms with Crippen molar-refractivity contribution in [1.82, 2.24) is 9.80 Å². The number of benzene rings is 2. The fourth-order valence-electron chi connectivity index (χ4n) is 4.18. The van der Waals surface area contributed by atoms with Crippen LogP contribution in [0.5, 0.6) is 0 Å². The second-order valence-electron chi connectivity index (χ2n) is 8.21. The second-order valence-corrected chi connectivity index (χ2v) is 8.21. The molecule has 4 heteroatoms. The van der Waals surface area contributed by atoms with Crippen molar-refractivity contribution < 1.29 is 9.53 Å². The van der Waals surface area contributed by atoms with Gasteiger partial charge in [0.2, 0.25) is 0 Å². The molecule has 3 atom stereocenters. The van der Waals surface area contributed by atoms with Gasteiger partial charge >= 0.3 is 0 Å². The van der Waals surface area contributed by atoms with E-state index in [1.807, 2.05) is 47.4 Å². The maximum Gasteiger partial charge on any atom is 0.254 e. The predicted octanol–water partition coefficient (Wildman–Crippen LogP) is 5.04. The molecule has 1 fully saturated rings. The zero-order chi connectivity index (χ0) is 20.4. The van der Waals surface area contributed by atoms with Crippen molar-refractivity contribution in [2.24, 2.45) is 0 Å². The molecule has 0 spiro atoms. The molecule has 28 heavy (non-hydrogen) atoms. The lowest BCUT2D eigenvalue weighted by atomic mass is 10.0. The van der Waals surface area contributed by atoms with Gasteiger partial charge in [-0.3, -0.25) is 9.69 Å². The molecule has 2 aromatic carbocycles. The van der Waals surface area contributed by atoms with Crippen LogP contribution in [0.3, 0.4) is 0 Å². The third kappa shape index (κ3) is 3.85. The van der Waals surface area contributed by atoms with E-state index < -0.39 is 0 Å². The Morgan fingerprint density at radius 3 is 2.14 bits per heavy atom. The van der Waals surface area contributed by atoms with Gasteiger partial charge in [0, 0.05) is 29.3 Å². The first-order chi connectivity index (χ1) is 13.3. The van der Waals surface area contributed by atoms with E-state index in [2.05, 4.69) is 58.7 Å². The molecule has 1 aliphatic heterocycles. The van der Waals surface area contributed by atoms with Gasteiger partial charge in [0.1, 0.15) is 12.3 Å². The zero-order valence-electron chi connectivity index (χ0n) is 17.8. The first-order valence-electron chi connectivity index (χ1n) is 10.2. The maximum atomic E-state index is 13.4. The van der Waals surface area contributed by atoms with E-state index in [4.69, 9.17) is 4.74 Å². The van der Waals surface area contributed by atoms with Crippen LogP contribution >= 0.6 is 0 Å². The number of rotatable bonds is 5. The Labute approximate surface area is 169 Å². The number of amides is 1. The zero-order valence-corrected chi connectivity index (χ0v) is 17.8. The Morgan fingerprint density at radius 2 is 1.54 bits per heavy atom. The molecule has 2 aromatic rings. The summed E-state index contributed by atoms with van der Waals surface area (Å²) in [6.45, 7) is 10.4. The summed E-state index contributed by atoms with van der Waals surface area (Å²) in [6.07, 6.45) is -0.271. The average Bonchev–Trinajstić information content (AvgIpc) is 2.97. The van der Waals surface area contributed by atoms with E-state index in [0.29, 0.717) is 0 Å². The van der Waals surface area contributed by atoms with Crippen LogP contribution in [-0.4, -0.2) is 40.9 Å². The van der Waals surface area contributed by atoms with Crippen LogP contribution in [0.4, 0.5) is 0 Å². The number of carbonyl (C=O) groups excluding carboxylic acids is 1. The number of likely N-dealkylation sites (N-methyl/N-ethyl adjacent to an activating group) is 1. The summed E-state index contributed by atoms with van der Waals surface area (Å²) in [7, 11) is 2.07. The van der Waals surface area contributed by atoms with Crippen molar-refractivity contribution in [1.29, 1.82) is 0 Å². The summed E-state index contributed by atoms with van der Waals surface area (Å²) < 4.78 is 6.50. The van der Waals surface area contributed by atoms with Crippen molar-refractivity contribution >= 4 is 5.91 Å². The molecule has 0 saturated carbocycles. The van der Waals surface area contributed by atoms with E-state index in [-0.39, 0.29) is 36.4 Å². The molecule has 1 aliphatic rings. The van der Waals surface area contributed by atoms with Crippen LogP contribution in [-0.2, 0) is 4.74 Å². The molecule has 1 heterocycles. The first kappa shape index (κ1) is 20.6. The van der Waals surface area contributed by atoms with E-state index >= 15 is 0 Å². The van der Waals surface area contributed by atoms with Crippen LogP contribution in [0.1, 0.15) is 68.4 Å². The summed E-state index contributed by atoms with van der Waals surface area (Å²) >= 11 is 0. The third-order valence-corrected chi connectivity index (χ3v) is 5.66. The largest absolute Gasteiger partial charge is 0.349 e. The summed E-state index contributed by atoms with van der Waals surface area (Å²) in [6, 6.07) is 18.7. The molecule has 1 saturated heterocycles. The highest BCUT2D eigenvalue weighted by Gasteiger charge is 2.40. The minimum Gasteiger partial charge on any atom is -0.349 e. The quantitative estimate of drug-likeness (QED) is 0.729. The summed E-state index contributed by atoms with van der Waals surface area (Å²) in [4.78, 5) is 17.6. The molecule has 0 unspecified atom stereocenters. The summed E-state index contributed by atoms with van der Waals surface area (Å²) in [5, 5.41) is 0. The van der Waals surface area contributed by atoms with Crippen LogP contribution in [0.15, 0.2) is 54.6 Å². The topological polar surface area (TPSA) is 32.8 Å². The Kier molecular flexibility index (Phi) is 6.21. The number of hydrogen-bond acceptors (Lipinski definition) is 3. The van der Waals surface area contributed by atoms with Crippen molar-refractivity contribution in [3.05, 3.63) is 71.3 Å². The predicted molar refractivity (Wildman–Crippen MR) is 113 cm³/mol. The Bertz CT molecular complexity index is 795. The Hall–Kier alpha value is -2.17. The highest BCUT2D eigenvalue weighted by molar-refractivity contribution is 5.96. The summed E-state index contributed by atoms with van der Waals surface area (Å²) in [5.41, 5.74) is 2.83. The number of ether oxygens (including phenoxy) is 1. The lowest BCUT2D eigenvalue weighted by Crippen LogP contribution is -2.42. The van der Waals surface area contributed by atoms with Gasteiger partial charge in [-0.1, -0.05) is 48.5 Å². The fraction of sp³-hybridized carbons (Fsp3) is 0.458. The molecule has 0 bridgehead atoms. The van der Waals surface area contributed by atoms with Crippen molar-refractivity contribution in [3.8, 4) is 0 Å². The Balaban J connectivity index is 1.96. The molecule has 0 N–H and O–H groups in total. The molecule has 0 aromatic heterocycles. The molecular weight excluding hydrogens is 348 g/mol. The molecular formula is C24H32N2O2. The molecule has 3 rings (SSSR count). The average molecular weight is 381 g/mol.